The molecular weight excluding hydrogens is 338 g/mol. The maximum absolute atomic E-state index is 13.9. The third kappa shape index (κ3) is 3.96. The summed E-state index contributed by atoms with van der Waals surface area (Å²) in [5, 5.41) is 14.5. The molecule has 26 heavy (non-hydrogen) atoms. The van der Waals surface area contributed by atoms with Crippen LogP contribution in [0.2, 0.25) is 0 Å². The molecule has 0 fully saturated rings. The van der Waals surface area contributed by atoms with Crippen LogP contribution in [0.15, 0.2) is 47.6 Å². The number of halogens is 2. The number of nitrogens with one attached hydrogen (secondary N) is 2. The predicted octanol–water partition coefficient (Wildman–Crippen LogP) is 2.48. The smallest absolute Gasteiger partial charge is 0.191 e. The molecule has 1 aromatic carbocycles. The molecule has 2 heterocycles. The summed E-state index contributed by atoms with van der Waals surface area (Å²) >= 11 is 0. The summed E-state index contributed by atoms with van der Waals surface area (Å²) in [4.78, 5) is 4.14. The zero-order chi connectivity index (χ0) is 18.5. The molecule has 2 aromatic heterocycles. The lowest BCUT2D eigenvalue weighted by Crippen LogP contribution is -2.40. The van der Waals surface area contributed by atoms with E-state index in [1.165, 1.54) is 12.1 Å². The van der Waals surface area contributed by atoms with Gasteiger partial charge < -0.3 is 10.6 Å². The Morgan fingerprint density at radius 2 is 2.08 bits per heavy atom. The van der Waals surface area contributed by atoms with Crippen LogP contribution in [0.1, 0.15) is 24.4 Å². The minimum atomic E-state index is -0.596. The van der Waals surface area contributed by atoms with Crippen molar-refractivity contribution in [3.05, 3.63) is 65.6 Å². The number of guanidine groups is 1. The number of pyridine rings is 1. The molecule has 0 aliphatic heterocycles. The first kappa shape index (κ1) is 17.8. The van der Waals surface area contributed by atoms with Crippen LogP contribution in [0.25, 0.3) is 5.65 Å². The number of aliphatic imine (C=N–C) groups is 1. The summed E-state index contributed by atoms with van der Waals surface area (Å²) in [6.45, 7) is 2.36. The number of aromatic nitrogens is 3. The van der Waals surface area contributed by atoms with Gasteiger partial charge in [-0.2, -0.15) is 0 Å². The molecule has 0 amide bonds. The van der Waals surface area contributed by atoms with Gasteiger partial charge in [0.25, 0.3) is 0 Å². The van der Waals surface area contributed by atoms with Crippen LogP contribution < -0.4 is 10.6 Å². The Labute approximate surface area is 150 Å². The van der Waals surface area contributed by atoms with Crippen LogP contribution >= 0.6 is 0 Å². The average Bonchev–Trinajstić information content (AvgIpc) is 3.04. The minimum Gasteiger partial charge on any atom is -0.356 e. The molecule has 0 saturated heterocycles. The number of nitrogens with zero attached hydrogens (tertiary/aromatic N) is 4. The van der Waals surface area contributed by atoms with Crippen molar-refractivity contribution in [2.45, 2.75) is 19.4 Å². The highest BCUT2D eigenvalue weighted by Gasteiger charge is 2.13. The highest BCUT2D eigenvalue weighted by molar-refractivity contribution is 5.80. The quantitative estimate of drug-likeness (QED) is 0.543. The van der Waals surface area contributed by atoms with Gasteiger partial charge >= 0.3 is 0 Å². The van der Waals surface area contributed by atoms with Crippen molar-refractivity contribution in [3.63, 3.8) is 0 Å². The van der Waals surface area contributed by atoms with Crippen LogP contribution in [0.5, 0.6) is 0 Å². The molecule has 0 saturated carbocycles. The van der Waals surface area contributed by atoms with Crippen molar-refractivity contribution >= 4 is 11.6 Å². The van der Waals surface area contributed by atoms with Gasteiger partial charge in [-0.3, -0.25) is 9.39 Å². The molecule has 1 unspecified atom stereocenters. The van der Waals surface area contributed by atoms with Crippen LogP contribution in [0.3, 0.4) is 0 Å². The summed E-state index contributed by atoms with van der Waals surface area (Å²) in [5.74, 6) is 0.174. The standard InChI is InChI=1S/C18H20F2N6/c1-12(14-7-6-13(19)11-15(14)20)23-18(21-2)22-9-8-17-25-24-16-5-3-4-10-26(16)17/h3-7,10-12H,8-9H2,1-2H3,(H2,21,22,23). The van der Waals surface area contributed by atoms with Crippen molar-refractivity contribution in [3.8, 4) is 0 Å². The van der Waals surface area contributed by atoms with Gasteiger partial charge in [0, 0.05) is 37.8 Å². The molecule has 136 valence electrons. The Morgan fingerprint density at radius 3 is 2.85 bits per heavy atom. The first-order valence-electron chi connectivity index (χ1n) is 8.29. The first-order valence-corrected chi connectivity index (χ1v) is 8.29. The third-order valence-corrected chi connectivity index (χ3v) is 4.03. The van der Waals surface area contributed by atoms with Crippen molar-refractivity contribution in [1.29, 1.82) is 0 Å². The molecule has 0 aliphatic rings. The fourth-order valence-electron chi connectivity index (χ4n) is 2.68. The summed E-state index contributed by atoms with van der Waals surface area (Å²) < 4.78 is 28.9. The third-order valence-electron chi connectivity index (χ3n) is 4.03. The van der Waals surface area contributed by atoms with Crippen LogP contribution in [-0.4, -0.2) is 34.2 Å². The zero-order valence-electron chi connectivity index (χ0n) is 14.6. The lowest BCUT2D eigenvalue weighted by Gasteiger charge is -2.18. The van der Waals surface area contributed by atoms with Gasteiger partial charge in [0.1, 0.15) is 17.5 Å². The topological polar surface area (TPSA) is 66.6 Å². The second-order valence-corrected chi connectivity index (χ2v) is 5.83. The number of benzene rings is 1. The lowest BCUT2D eigenvalue weighted by atomic mass is 10.1. The fraction of sp³-hybridized carbons (Fsp3) is 0.278. The Hall–Kier alpha value is -3.03. The minimum absolute atomic E-state index is 0.365. The Morgan fingerprint density at radius 1 is 1.23 bits per heavy atom. The van der Waals surface area contributed by atoms with E-state index in [2.05, 4.69) is 25.8 Å². The maximum atomic E-state index is 13.9. The van der Waals surface area contributed by atoms with E-state index < -0.39 is 11.6 Å². The van der Waals surface area contributed by atoms with E-state index >= 15 is 0 Å². The van der Waals surface area contributed by atoms with Crippen molar-refractivity contribution in [1.82, 2.24) is 25.2 Å². The van der Waals surface area contributed by atoms with Gasteiger partial charge in [0.05, 0.1) is 6.04 Å². The van der Waals surface area contributed by atoms with Gasteiger partial charge in [0.15, 0.2) is 11.6 Å². The van der Waals surface area contributed by atoms with Gasteiger partial charge in [0.2, 0.25) is 0 Å². The predicted molar refractivity (Wildman–Crippen MR) is 96.0 cm³/mol. The summed E-state index contributed by atoms with van der Waals surface area (Å²) in [5.41, 5.74) is 1.17. The maximum Gasteiger partial charge on any atom is 0.191 e. The number of hydrogen-bond donors (Lipinski definition) is 2. The molecule has 3 rings (SSSR count). The van der Waals surface area contributed by atoms with E-state index in [0.29, 0.717) is 24.5 Å². The highest BCUT2D eigenvalue weighted by atomic mass is 19.1. The summed E-state index contributed by atoms with van der Waals surface area (Å²) in [6.07, 6.45) is 2.56. The van der Waals surface area contributed by atoms with E-state index in [0.717, 1.165) is 17.5 Å². The van der Waals surface area contributed by atoms with E-state index in [9.17, 15) is 8.78 Å². The highest BCUT2D eigenvalue weighted by Crippen LogP contribution is 2.17. The van der Waals surface area contributed by atoms with E-state index in [-0.39, 0.29) is 6.04 Å². The number of rotatable bonds is 5. The zero-order valence-corrected chi connectivity index (χ0v) is 14.6. The molecule has 1 atom stereocenters. The molecule has 6 nitrogen and oxygen atoms in total. The van der Waals surface area contributed by atoms with E-state index in [1.807, 2.05) is 28.8 Å². The van der Waals surface area contributed by atoms with E-state index in [4.69, 9.17) is 0 Å². The van der Waals surface area contributed by atoms with Crippen LogP contribution in [0.4, 0.5) is 8.78 Å². The molecule has 2 N–H and O–H groups in total. The fourth-order valence-corrected chi connectivity index (χ4v) is 2.68. The molecule has 8 heteroatoms. The Balaban J connectivity index is 1.58. The van der Waals surface area contributed by atoms with Gasteiger partial charge in [-0.1, -0.05) is 12.1 Å². The average molecular weight is 358 g/mol. The Bertz CT molecular complexity index is 921. The van der Waals surface area contributed by atoms with Gasteiger partial charge in [-0.05, 0) is 25.1 Å². The molecule has 0 bridgehead atoms. The summed E-state index contributed by atoms with van der Waals surface area (Å²) in [7, 11) is 1.63. The van der Waals surface area contributed by atoms with Gasteiger partial charge in [-0.25, -0.2) is 8.78 Å². The second kappa shape index (κ2) is 7.90. The van der Waals surface area contributed by atoms with Crippen LogP contribution in [0, 0.1) is 11.6 Å². The molecule has 3 aromatic rings. The SMILES string of the molecule is CN=C(NCCc1nnc2ccccn12)NC(C)c1ccc(F)cc1F. The normalized spacial score (nSPS) is 13.0. The molecule has 0 spiro atoms. The van der Waals surface area contributed by atoms with Crippen LogP contribution in [-0.2, 0) is 6.42 Å². The van der Waals surface area contributed by atoms with E-state index in [1.54, 1.807) is 14.0 Å². The van der Waals surface area contributed by atoms with Crippen molar-refractivity contribution in [2.75, 3.05) is 13.6 Å². The second-order valence-electron chi connectivity index (χ2n) is 5.83. The largest absolute Gasteiger partial charge is 0.356 e. The van der Waals surface area contributed by atoms with Crippen molar-refractivity contribution < 1.29 is 8.78 Å². The lowest BCUT2D eigenvalue weighted by molar-refractivity contribution is 0.550. The molecule has 0 radical (unpaired) electrons. The number of fused-ring (bicyclic) bond motifs is 1. The van der Waals surface area contributed by atoms with Crippen molar-refractivity contribution in [2.24, 2.45) is 4.99 Å². The first-order chi connectivity index (χ1) is 12.6. The summed E-state index contributed by atoms with van der Waals surface area (Å²) in [6, 6.07) is 8.90. The molecule has 0 aliphatic carbocycles. The molecular formula is C18H20F2N6. The number of hydrogen-bond acceptors (Lipinski definition) is 3. The van der Waals surface area contributed by atoms with Gasteiger partial charge in [-0.15, -0.1) is 10.2 Å². The Kier molecular flexibility index (Phi) is 5.40. The monoisotopic (exact) mass is 358 g/mol.